The van der Waals surface area contributed by atoms with Crippen molar-refractivity contribution in [3.8, 4) is 0 Å². The molecule has 5 heteroatoms. The van der Waals surface area contributed by atoms with Crippen LogP contribution in [0.5, 0.6) is 0 Å². The fourth-order valence-electron chi connectivity index (χ4n) is 2.03. The van der Waals surface area contributed by atoms with E-state index in [1.165, 1.54) is 7.05 Å². The van der Waals surface area contributed by atoms with Gasteiger partial charge in [-0.25, -0.2) is 0 Å². The summed E-state index contributed by atoms with van der Waals surface area (Å²) in [4.78, 5) is 11.4. The summed E-state index contributed by atoms with van der Waals surface area (Å²) in [6, 6.07) is 1.00. The van der Waals surface area contributed by atoms with Crippen LogP contribution in [-0.4, -0.2) is 4.57 Å². The fraction of sp³-hybridized carbons (Fsp3) is 0.500. The molecule has 0 atom stereocenters. The van der Waals surface area contributed by atoms with Crippen LogP contribution >= 0.6 is 0 Å². The van der Waals surface area contributed by atoms with Gasteiger partial charge in [0.05, 0.1) is 0 Å². The summed E-state index contributed by atoms with van der Waals surface area (Å²) in [6.07, 6.45) is -2.40. The zero-order chi connectivity index (χ0) is 11.2. The van der Waals surface area contributed by atoms with E-state index in [0.717, 1.165) is 22.7 Å². The van der Waals surface area contributed by atoms with Crippen molar-refractivity contribution in [2.45, 2.75) is 25.4 Å². The number of halogens is 3. The quantitative estimate of drug-likeness (QED) is 0.650. The van der Waals surface area contributed by atoms with Crippen molar-refractivity contribution in [2.24, 2.45) is 7.05 Å². The molecule has 0 aromatic carbocycles. The number of pyridine rings is 1. The third-order valence-electron chi connectivity index (χ3n) is 2.79. The molecular weight excluding hydrogens is 207 g/mol. The molecule has 1 aromatic rings. The first kappa shape index (κ1) is 10.3. The summed E-state index contributed by atoms with van der Waals surface area (Å²) >= 11 is 0. The minimum Gasteiger partial charge on any atom is -0.315 e. The van der Waals surface area contributed by atoms with E-state index < -0.39 is 17.3 Å². The van der Waals surface area contributed by atoms with E-state index in [-0.39, 0.29) is 0 Å². The maximum absolute atomic E-state index is 12.5. The first-order valence-corrected chi connectivity index (χ1v) is 4.70. The summed E-state index contributed by atoms with van der Waals surface area (Å²) in [5, 5.41) is 0. The minimum absolute atomic E-state index is 0.631. The van der Waals surface area contributed by atoms with E-state index in [0.29, 0.717) is 18.4 Å². The Balaban J connectivity index is 2.70. The van der Waals surface area contributed by atoms with Crippen LogP contribution in [0.2, 0.25) is 0 Å². The third kappa shape index (κ3) is 1.56. The second kappa shape index (κ2) is 3.12. The highest BCUT2D eigenvalue weighted by atomic mass is 19.4. The predicted molar refractivity (Wildman–Crippen MR) is 48.7 cm³/mol. The van der Waals surface area contributed by atoms with Crippen molar-refractivity contribution in [2.75, 3.05) is 0 Å². The molecule has 1 aromatic heterocycles. The van der Waals surface area contributed by atoms with Gasteiger partial charge < -0.3 is 4.57 Å². The second-order valence-corrected chi connectivity index (χ2v) is 3.75. The lowest BCUT2D eigenvalue weighted by Gasteiger charge is -2.12. The molecule has 0 N–H and O–H groups in total. The Morgan fingerprint density at radius 3 is 2.60 bits per heavy atom. The number of hydrogen-bond donors (Lipinski definition) is 0. The highest BCUT2D eigenvalue weighted by Gasteiger charge is 2.36. The minimum atomic E-state index is -4.55. The van der Waals surface area contributed by atoms with Crippen LogP contribution in [0, 0.1) is 0 Å². The largest absolute Gasteiger partial charge is 0.421 e. The zero-order valence-corrected chi connectivity index (χ0v) is 8.19. The molecule has 0 amide bonds. The molecule has 2 rings (SSSR count). The van der Waals surface area contributed by atoms with Crippen LogP contribution in [-0.2, 0) is 26.1 Å². The predicted octanol–water partition coefficient (Wildman–Crippen LogP) is 1.89. The SMILES string of the molecule is Cn1c2c(cc(C(F)(F)F)c1=O)CCC2. The molecule has 15 heavy (non-hydrogen) atoms. The molecule has 0 saturated carbocycles. The number of alkyl halides is 3. The molecule has 0 saturated heterocycles. The van der Waals surface area contributed by atoms with Gasteiger partial charge in [0.25, 0.3) is 5.56 Å². The van der Waals surface area contributed by atoms with Gasteiger partial charge in [0.1, 0.15) is 5.56 Å². The topological polar surface area (TPSA) is 22.0 Å². The maximum atomic E-state index is 12.5. The van der Waals surface area contributed by atoms with Crippen molar-refractivity contribution in [1.82, 2.24) is 4.57 Å². The summed E-state index contributed by atoms with van der Waals surface area (Å²) in [6.45, 7) is 0. The third-order valence-corrected chi connectivity index (χ3v) is 2.79. The first-order valence-electron chi connectivity index (χ1n) is 4.70. The van der Waals surface area contributed by atoms with Gasteiger partial charge in [0, 0.05) is 12.7 Å². The molecule has 0 bridgehead atoms. The number of hydrogen-bond acceptors (Lipinski definition) is 1. The number of rotatable bonds is 0. The monoisotopic (exact) mass is 217 g/mol. The first-order chi connectivity index (χ1) is 6.91. The lowest BCUT2D eigenvalue weighted by Crippen LogP contribution is -2.29. The van der Waals surface area contributed by atoms with Gasteiger partial charge in [-0.2, -0.15) is 13.2 Å². The van der Waals surface area contributed by atoms with Crippen LogP contribution in [0.15, 0.2) is 10.9 Å². The van der Waals surface area contributed by atoms with Gasteiger partial charge in [-0.3, -0.25) is 4.79 Å². The maximum Gasteiger partial charge on any atom is 0.421 e. The Kier molecular flexibility index (Phi) is 2.13. The van der Waals surface area contributed by atoms with E-state index >= 15 is 0 Å². The van der Waals surface area contributed by atoms with Gasteiger partial charge in [-0.15, -0.1) is 0 Å². The number of fused-ring (bicyclic) bond motifs is 1. The van der Waals surface area contributed by atoms with Crippen LogP contribution in [0.4, 0.5) is 13.2 Å². The summed E-state index contributed by atoms with van der Waals surface area (Å²) in [5.41, 5.74) is -0.591. The van der Waals surface area contributed by atoms with Crippen molar-refractivity contribution in [3.63, 3.8) is 0 Å². The Bertz CT molecular complexity index is 459. The molecule has 1 heterocycles. The highest BCUT2D eigenvalue weighted by Crippen LogP contribution is 2.30. The molecule has 0 radical (unpaired) electrons. The Hall–Kier alpha value is -1.26. The smallest absolute Gasteiger partial charge is 0.315 e. The Morgan fingerprint density at radius 2 is 2.00 bits per heavy atom. The molecule has 0 fully saturated rings. The number of aryl methyl sites for hydroxylation is 1. The highest BCUT2D eigenvalue weighted by molar-refractivity contribution is 5.31. The average Bonchev–Trinajstić information content (AvgIpc) is 2.57. The van der Waals surface area contributed by atoms with Crippen molar-refractivity contribution >= 4 is 0 Å². The molecule has 0 aliphatic heterocycles. The van der Waals surface area contributed by atoms with Gasteiger partial charge in [0.15, 0.2) is 0 Å². The Labute approximate surface area is 84.3 Å². The Morgan fingerprint density at radius 1 is 1.33 bits per heavy atom. The van der Waals surface area contributed by atoms with Crippen LogP contribution in [0.3, 0.4) is 0 Å². The van der Waals surface area contributed by atoms with Gasteiger partial charge in [-0.1, -0.05) is 0 Å². The normalized spacial score (nSPS) is 15.5. The van der Waals surface area contributed by atoms with Gasteiger partial charge in [0.2, 0.25) is 0 Å². The van der Waals surface area contributed by atoms with Gasteiger partial charge >= 0.3 is 6.18 Å². The van der Waals surface area contributed by atoms with Crippen molar-refractivity contribution < 1.29 is 13.2 Å². The van der Waals surface area contributed by atoms with Crippen LogP contribution in [0.1, 0.15) is 23.2 Å². The van der Waals surface area contributed by atoms with E-state index in [1.807, 2.05) is 0 Å². The fourth-order valence-corrected chi connectivity index (χ4v) is 2.03. The summed E-state index contributed by atoms with van der Waals surface area (Å²) < 4.78 is 38.6. The average molecular weight is 217 g/mol. The standard InChI is InChI=1S/C10H10F3NO/c1-14-8-4-2-3-6(8)5-7(9(14)15)10(11,12)13/h5H,2-4H2,1H3. The lowest BCUT2D eigenvalue weighted by atomic mass is 10.1. The van der Waals surface area contributed by atoms with Gasteiger partial charge in [-0.05, 0) is 30.9 Å². The molecule has 2 nitrogen and oxygen atoms in total. The molecule has 82 valence electrons. The molecular formula is C10H10F3NO. The van der Waals surface area contributed by atoms with Crippen molar-refractivity contribution in [1.29, 1.82) is 0 Å². The van der Waals surface area contributed by atoms with Crippen LogP contribution < -0.4 is 5.56 Å². The molecule has 0 unspecified atom stereocenters. The summed E-state index contributed by atoms with van der Waals surface area (Å²) in [7, 11) is 1.40. The lowest BCUT2D eigenvalue weighted by molar-refractivity contribution is -0.139. The number of nitrogens with zero attached hydrogens (tertiary/aromatic N) is 1. The zero-order valence-electron chi connectivity index (χ0n) is 8.19. The van der Waals surface area contributed by atoms with Crippen LogP contribution in [0.25, 0.3) is 0 Å². The molecule has 1 aliphatic carbocycles. The second-order valence-electron chi connectivity index (χ2n) is 3.75. The molecule has 0 spiro atoms. The van der Waals surface area contributed by atoms with E-state index in [4.69, 9.17) is 0 Å². The van der Waals surface area contributed by atoms with E-state index in [1.54, 1.807) is 0 Å². The van der Waals surface area contributed by atoms with Crippen molar-refractivity contribution in [3.05, 3.63) is 33.2 Å². The van der Waals surface area contributed by atoms with E-state index in [9.17, 15) is 18.0 Å². The number of aromatic nitrogens is 1. The molecule has 1 aliphatic rings. The van der Waals surface area contributed by atoms with E-state index in [2.05, 4.69) is 0 Å². The summed E-state index contributed by atoms with van der Waals surface area (Å²) in [5.74, 6) is 0.